The molecule has 6 nitrogen and oxygen atoms in total. The van der Waals surface area contributed by atoms with Crippen LogP contribution in [0.3, 0.4) is 0 Å². The molecule has 1 aliphatic heterocycles. The van der Waals surface area contributed by atoms with Crippen LogP contribution in [0.15, 0.2) is 65.2 Å². The Hall–Kier alpha value is -3.06. The molecule has 2 bridgehead atoms. The first-order valence-electron chi connectivity index (χ1n) is 11.1. The summed E-state index contributed by atoms with van der Waals surface area (Å²) in [6, 6.07) is 13.0. The maximum Gasteiger partial charge on any atom is 0.338 e. The summed E-state index contributed by atoms with van der Waals surface area (Å²) < 4.78 is 6.01. The smallest absolute Gasteiger partial charge is 0.338 e. The molecule has 0 N–H and O–H groups in total. The minimum absolute atomic E-state index is 0.134. The zero-order valence-electron chi connectivity index (χ0n) is 17.5. The molecule has 0 spiro atoms. The van der Waals surface area contributed by atoms with Gasteiger partial charge in [0.15, 0.2) is 12.4 Å². The van der Waals surface area contributed by atoms with Crippen LogP contribution in [-0.2, 0) is 14.3 Å². The largest absolute Gasteiger partial charge is 0.454 e. The second-order valence-electron chi connectivity index (χ2n) is 9.22. The van der Waals surface area contributed by atoms with Crippen molar-refractivity contribution < 1.29 is 23.9 Å². The third kappa shape index (κ3) is 3.21. The lowest BCUT2D eigenvalue weighted by atomic mass is 9.63. The van der Waals surface area contributed by atoms with Crippen molar-refractivity contribution in [3.05, 3.63) is 76.3 Å². The number of allylic oxidation sites excluding steroid dienone is 2. The van der Waals surface area contributed by atoms with E-state index in [1.807, 2.05) is 0 Å². The van der Waals surface area contributed by atoms with Crippen LogP contribution in [0.2, 0.25) is 0 Å². The minimum Gasteiger partial charge on any atom is -0.454 e. The van der Waals surface area contributed by atoms with Crippen molar-refractivity contribution in [3.8, 4) is 0 Å². The number of amides is 2. The molecule has 2 aromatic carbocycles. The number of ether oxygens (including phenoxy) is 1. The second-order valence-corrected chi connectivity index (χ2v) is 10.1. The van der Waals surface area contributed by atoms with Crippen molar-refractivity contribution in [2.24, 2.45) is 35.5 Å². The highest BCUT2D eigenvalue weighted by atomic mass is 79.9. The zero-order valence-corrected chi connectivity index (χ0v) is 19.1. The Kier molecular flexibility index (Phi) is 4.66. The van der Waals surface area contributed by atoms with Gasteiger partial charge >= 0.3 is 5.97 Å². The molecule has 2 amide bonds. The summed E-state index contributed by atoms with van der Waals surface area (Å²) in [5.41, 5.74) is 1.17. The number of esters is 1. The summed E-state index contributed by atoms with van der Waals surface area (Å²) in [4.78, 5) is 52.3. The Morgan fingerprint density at radius 1 is 0.848 bits per heavy atom. The maximum atomic E-state index is 13.2. The third-order valence-corrected chi connectivity index (χ3v) is 8.05. The average Bonchev–Trinajstić information content (AvgIpc) is 3.61. The number of benzene rings is 2. The molecule has 5 aliphatic rings. The van der Waals surface area contributed by atoms with Crippen LogP contribution < -0.4 is 4.90 Å². The Morgan fingerprint density at radius 3 is 1.97 bits per heavy atom. The Bertz CT molecular complexity index is 1180. The van der Waals surface area contributed by atoms with Gasteiger partial charge < -0.3 is 4.74 Å². The number of nitrogens with zero attached hydrogens (tertiary/aromatic N) is 1. The fourth-order valence-corrected chi connectivity index (χ4v) is 6.16. The lowest BCUT2D eigenvalue weighted by Crippen LogP contribution is -2.40. The number of halogens is 1. The highest BCUT2D eigenvalue weighted by Crippen LogP contribution is 2.65. The summed E-state index contributed by atoms with van der Waals surface area (Å²) >= 11 is 3.31. The van der Waals surface area contributed by atoms with Crippen LogP contribution in [0.1, 0.15) is 27.1 Å². The first kappa shape index (κ1) is 20.5. The SMILES string of the molecule is O=C(COC(=O)c1ccc(N2C(=O)[C@H]3[C@@H]4C=C[C@H]([C@H]5C[C@H]45)[C@@H]3C2=O)cc1)c1ccc(Br)cc1. The van der Waals surface area contributed by atoms with Crippen LogP contribution in [0.25, 0.3) is 0 Å². The van der Waals surface area contributed by atoms with E-state index in [1.54, 1.807) is 36.4 Å². The van der Waals surface area contributed by atoms with Gasteiger partial charge in [-0.1, -0.05) is 40.2 Å². The van der Waals surface area contributed by atoms with Gasteiger partial charge in [0, 0.05) is 10.0 Å². The molecule has 7 rings (SSSR count). The van der Waals surface area contributed by atoms with Crippen molar-refractivity contribution in [1.82, 2.24) is 0 Å². The standard InChI is InChI=1S/C26H20BrNO5/c27-15-5-1-13(2-6-15)21(29)12-33-26(32)14-3-7-16(8-4-14)28-24(30)22-17-9-10-18(20-11-19(17)20)23(22)25(28)31/h1-10,17-20,22-23H,11-12H2/t17-,18-,19-,20-,22+,23+/m1/s1. The van der Waals surface area contributed by atoms with E-state index in [0.717, 1.165) is 10.9 Å². The maximum absolute atomic E-state index is 13.2. The van der Waals surface area contributed by atoms with Gasteiger partial charge in [-0.3, -0.25) is 19.3 Å². The number of imide groups is 1. The van der Waals surface area contributed by atoms with Crippen LogP contribution in [0.5, 0.6) is 0 Å². The van der Waals surface area contributed by atoms with Gasteiger partial charge in [0.25, 0.3) is 0 Å². The first-order valence-corrected chi connectivity index (χ1v) is 11.9. The molecule has 0 unspecified atom stereocenters. The number of carbonyl (C=O) groups excluding carboxylic acids is 4. The predicted octanol–water partition coefficient (Wildman–Crippen LogP) is 4.05. The lowest BCUT2D eigenvalue weighted by Gasteiger charge is -2.37. The van der Waals surface area contributed by atoms with Crippen molar-refractivity contribution in [1.29, 1.82) is 0 Å². The van der Waals surface area contributed by atoms with Gasteiger partial charge in [0.1, 0.15) is 0 Å². The molecule has 1 saturated heterocycles. The van der Waals surface area contributed by atoms with Crippen molar-refractivity contribution in [3.63, 3.8) is 0 Å². The summed E-state index contributed by atoms with van der Waals surface area (Å²) in [6.07, 6.45) is 5.41. The average molecular weight is 506 g/mol. The molecule has 3 fully saturated rings. The van der Waals surface area contributed by atoms with Crippen molar-refractivity contribution >= 4 is 45.2 Å². The fourth-order valence-electron chi connectivity index (χ4n) is 5.89. The van der Waals surface area contributed by atoms with Gasteiger partial charge in [-0.2, -0.15) is 0 Å². The monoisotopic (exact) mass is 505 g/mol. The number of carbonyl (C=O) groups is 4. The molecule has 33 heavy (non-hydrogen) atoms. The Labute approximate surface area is 198 Å². The molecule has 0 radical (unpaired) electrons. The quantitative estimate of drug-likeness (QED) is 0.265. The Morgan fingerprint density at radius 2 is 1.39 bits per heavy atom. The number of Topliss-reactive ketones (excluding diaryl/α,β-unsaturated/α-hetero) is 1. The van der Waals surface area contributed by atoms with E-state index in [2.05, 4.69) is 28.1 Å². The normalized spacial score (nSPS) is 30.8. The van der Waals surface area contributed by atoms with Crippen molar-refractivity contribution in [2.75, 3.05) is 11.5 Å². The molecule has 4 aliphatic carbocycles. The topological polar surface area (TPSA) is 80.8 Å². The fraction of sp³-hybridized carbons (Fsp3) is 0.308. The van der Waals surface area contributed by atoms with E-state index in [9.17, 15) is 19.2 Å². The minimum atomic E-state index is -0.637. The van der Waals surface area contributed by atoms with Crippen LogP contribution in [0, 0.1) is 35.5 Å². The molecule has 1 heterocycles. The summed E-state index contributed by atoms with van der Waals surface area (Å²) in [5.74, 6) is -0.281. The Balaban J connectivity index is 1.14. The van der Waals surface area contributed by atoms with Crippen LogP contribution in [0.4, 0.5) is 5.69 Å². The van der Waals surface area contributed by atoms with E-state index < -0.39 is 5.97 Å². The first-order chi connectivity index (χ1) is 15.9. The summed E-state index contributed by atoms with van der Waals surface area (Å²) in [6.45, 7) is -0.368. The molecule has 2 aromatic rings. The number of hydrogen-bond donors (Lipinski definition) is 0. The zero-order chi connectivity index (χ0) is 22.9. The molecule has 166 valence electrons. The van der Waals surface area contributed by atoms with Gasteiger partial charge in [0.2, 0.25) is 11.8 Å². The summed E-state index contributed by atoms with van der Waals surface area (Å²) in [5, 5.41) is 0. The van der Waals surface area contributed by atoms with E-state index in [4.69, 9.17) is 4.74 Å². The summed E-state index contributed by atoms with van der Waals surface area (Å²) in [7, 11) is 0. The van der Waals surface area contributed by atoms with E-state index >= 15 is 0 Å². The van der Waals surface area contributed by atoms with Gasteiger partial charge in [-0.05, 0) is 66.5 Å². The van der Waals surface area contributed by atoms with Crippen molar-refractivity contribution in [2.45, 2.75) is 6.42 Å². The van der Waals surface area contributed by atoms with E-state index in [-0.39, 0.29) is 53.4 Å². The molecule has 0 aromatic heterocycles. The molecular formula is C26H20BrNO5. The van der Waals surface area contributed by atoms with Crippen LogP contribution >= 0.6 is 15.9 Å². The third-order valence-electron chi connectivity index (χ3n) is 7.52. The second kappa shape index (κ2) is 7.48. The number of ketones is 1. The predicted molar refractivity (Wildman–Crippen MR) is 122 cm³/mol. The number of anilines is 1. The molecule has 6 atom stereocenters. The molecule has 2 saturated carbocycles. The van der Waals surface area contributed by atoms with Gasteiger partial charge in [-0.25, -0.2) is 4.79 Å². The highest BCUT2D eigenvalue weighted by Gasteiger charge is 2.67. The van der Waals surface area contributed by atoms with E-state index in [1.165, 1.54) is 17.0 Å². The number of hydrogen-bond acceptors (Lipinski definition) is 5. The van der Waals surface area contributed by atoms with E-state index in [0.29, 0.717) is 23.1 Å². The van der Waals surface area contributed by atoms with Gasteiger partial charge in [-0.15, -0.1) is 0 Å². The lowest BCUT2D eigenvalue weighted by molar-refractivity contribution is -0.124. The molecule has 7 heteroatoms. The van der Waals surface area contributed by atoms with Gasteiger partial charge in [0.05, 0.1) is 23.1 Å². The number of rotatable bonds is 5. The molecular weight excluding hydrogens is 486 g/mol. The highest BCUT2D eigenvalue weighted by molar-refractivity contribution is 9.10. The van der Waals surface area contributed by atoms with Crippen LogP contribution in [-0.4, -0.2) is 30.2 Å².